The van der Waals surface area contributed by atoms with Gasteiger partial charge in [0, 0.05) is 26.2 Å². The lowest BCUT2D eigenvalue weighted by molar-refractivity contribution is -0.139. The maximum Gasteiger partial charge on any atom is 0.325 e. The molecule has 2 aliphatic rings. The Morgan fingerprint density at radius 1 is 1.10 bits per heavy atom. The van der Waals surface area contributed by atoms with Gasteiger partial charge >= 0.3 is 6.03 Å². The normalized spacial score (nSPS) is 20.0. The average molecular weight is 424 g/mol. The third-order valence-corrected chi connectivity index (χ3v) is 6.94. The number of hydrogen-bond acceptors (Lipinski definition) is 6. The van der Waals surface area contributed by atoms with E-state index < -0.39 is 33.4 Å². The SMILES string of the molecule is COc1ccc(S(=O)(=O)N2CCN(C(=O)CN3C(=O)NC(C)(C)C3=O)CC2)cc1. The smallest absolute Gasteiger partial charge is 0.325 e. The van der Waals surface area contributed by atoms with Crippen molar-refractivity contribution in [2.75, 3.05) is 39.8 Å². The van der Waals surface area contributed by atoms with E-state index in [4.69, 9.17) is 4.74 Å². The third-order valence-electron chi connectivity index (χ3n) is 5.03. The molecule has 158 valence electrons. The minimum Gasteiger partial charge on any atom is -0.497 e. The van der Waals surface area contributed by atoms with Crippen LogP contribution in [0.25, 0.3) is 0 Å². The summed E-state index contributed by atoms with van der Waals surface area (Å²) in [4.78, 5) is 39.2. The van der Waals surface area contributed by atoms with Gasteiger partial charge in [0.15, 0.2) is 0 Å². The molecule has 2 heterocycles. The number of imide groups is 1. The van der Waals surface area contributed by atoms with Gasteiger partial charge in [-0.25, -0.2) is 13.2 Å². The number of rotatable bonds is 5. The van der Waals surface area contributed by atoms with Gasteiger partial charge in [-0.3, -0.25) is 14.5 Å². The number of sulfonamides is 1. The maximum absolute atomic E-state index is 12.8. The second-order valence-corrected chi connectivity index (χ2v) is 9.34. The summed E-state index contributed by atoms with van der Waals surface area (Å²) in [5.74, 6) is -0.299. The summed E-state index contributed by atoms with van der Waals surface area (Å²) in [5.41, 5.74) is -1.04. The number of nitrogens with one attached hydrogen (secondary N) is 1. The number of urea groups is 1. The minimum atomic E-state index is -3.68. The Morgan fingerprint density at radius 3 is 2.17 bits per heavy atom. The number of nitrogens with zero attached hydrogens (tertiary/aromatic N) is 3. The summed E-state index contributed by atoms with van der Waals surface area (Å²) < 4.78 is 31.9. The third kappa shape index (κ3) is 4.06. The van der Waals surface area contributed by atoms with Crippen molar-refractivity contribution in [3.63, 3.8) is 0 Å². The monoisotopic (exact) mass is 424 g/mol. The Labute approximate surface area is 169 Å². The van der Waals surface area contributed by atoms with Crippen molar-refractivity contribution in [3.05, 3.63) is 24.3 Å². The Hall–Kier alpha value is -2.66. The number of carbonyl (C=O) groups excluding carboxylic acids is 3. The maximum atomic E-state index is 12.8. The Bertz CT molecular complexity index is 920. The molecule has 4 amide bonds. The van der Waals surface area contributed by atoms with Crippen LogP contribution in [-0.4, -0.2) is 85.7 Å². The van der Waals surface area contributed by atoms with E-state index in [1.165, 1.54) is 28.4 Å². The van der Waals surface area contributed by atoms with E-state index in [2.05, 4.69) is 5.32 Å². The van der Waals surface area contributed by atoms with Crippen molar-refractivity contribution in [3.8, 4) is 5.75 Å². The summed E-state index contributed by atoms with van der Waals surface area (Å²) in [5, 5.41) is 2.52. The summed E-state index contributed by atoms with van der Waals surface area (Å²) >= 11 is 0. The zero-order valence-electron chi connectivity index (χ0n) is 16.5. The summed E-state index contributed by atoms with van der Waals surface area (Å²) in [7, 11) is -2.18. The lowest BCUT2D eigenvalue weighted by Gasteiger charge is -2.34. The molecule has 10 nitrogen and oxygen atoms in total. The number of carbonyl (C=O) groups is 3. The quantitative estimate of drug-likeness (QED) is 0.658. The predicted octanol–water partition coefficient (Wildman–Crippen LogP) is -0.141. The number of methoxy groups -OCH3 is 1. The number of ether oxygens (including phenoxy) is 1. The number of benzene rings is 1. The van der Waals surface area contributed by atoms with Crippen LogP contribution in [0.2, 0.25) is 0 Å². The van der Waals surface area contributed by atoms with E-state index in [1.54, 1.807) is 26.0 Å². The lowest BCUT2D eigenvalue weighted by atomic mass is 10.1. The highest BCUT2D eigenvalue weighted by Crippen LogP contribution is 2.21. The average Bonchev–Trinajstić information content (AvgIpc) is 2.89. The van der Waals surface area contributed by atoms with Crippen LogP contribution < -0.4 is 10.1 Å². The van der Waals surface area contributed by atoms with E-state index in [1.807, 2.05) is 0 Å². The zero-order valence-corrected chi connectivity index (χ0v) is 17.4. The second kappa shape index (κ2) is 7.64. The van der Waals surface area contributed by atoms with Crippen molar-refractivity contribution in [1.82, 2.24) is 19.4 Å². The fourth-order valence-electron chi connectivity index (χ4n) is 3.27. The van der Waals surface area contributed by atoms with E-state index >= 15 is 0 Å². The molecule has 2 aliphatic heterocycles. The van der Waals surface area contributed by atoms with Crippen molar-refractivity contribution in [2.24, 2.45) is 0 Å². The molecule has 0 saturated carbocycles. The second-order valence-electron chi connectivity index (χ2n) is 7.41. The van der Waals surface area contributed by atoms with E-state index in [-0.39, 0.29) is 37.6 Å². The molecule has 1 aromatic rings. The van der Waals surface area contributed by atoms with E-state index in [9.17, 15) is 22.8 Å². The minimum absolute atomic E-state index is 0.131. The lowest BCUT2D eigenvalue weighted by Crippen LogP contribution is -2.53. The highest BCUT2D eigenvalue weighted by atomic mass is 32.2. The predicted molar refractivity (Wildman–Crippen MR) is 103 cm³/mol. The summed E-state index contributed by atoms with van der Waals surface area (Å²) in [6, 6.07) is 5.50. The molecular formula is C18H24N4O6S. The van der Waals surface area contributed by atoms with Crippen LogP contribution in [-0.2, 0) is 19.6 Å². The molecule has 3 rings (SSSR count). The molecule has 2 fully saturated rings. The van der Waals surface area contributed by atoms with Gasteiger partial charge in [-0.05, 0) is 38.1 Å². The fourth-order valence-corrected chi connectivity index (χ4v) is 4.69. The standard InChI is InChI=1S/C18H24N4O6S/c1-18(2)16(24)22(17(25)19-18)12-15(23)20-8-10-21(11-9-20)29(26,27)14-6-4-13(28-3)5-7-14/h4-7H,8-12H2,1-3H3,(H,19,25). The topological polar surface area (TPSA) is 116 Å². The van der Waals surface area contributed by atoms with E-state index in [0.29, 0.717) is 5.75 Å². The van der Waals surface area contributed by atoms with Crippen LogP contribution in [0, 0.1) is 0 Å². The molecule has 0 unspecified atom stereocenters. The van der Waals surface area contributed by atoms with Crippen LogP contribution in [0.1, 0.15) is 13.8 Å². The van der Waals surface area contributed by atoms with Crippen molar-refractivity contribution in [2.45, 2.75) is 24.3 Å². The van der Waals surface area contributed by atoms with Crippen LogP contribution in [0.4, 0.5) is 4.79 Å². The van der Waals surface area contributed by atoms with Gasteiger partial charge in [0.05, 0.1) is 12.0 Å². The van der Waals surface area contributed by atoms with Crippen LogP contribution in [0.5, 0.6) is 5.75 Å². The molecule has 1 N–H and O–H groups in total. The Kier molecular flexibility index (Phi) is 5.54. The Morgan fingerprint density at radius 2 is 1.69 bits per heavy atom. The first kappa shape index (κ1) is 21.1. The number of hydrogen-bond donors (Lipinski definition) is 1. The molecule has 0 aliphatic carbocycles. The first-order valence-corrected chi connectivity index (χ1v) is 10.6. The molecule has 29 heavy (non-hydrogen) atoms. The first-order valence-electron chi connectivity index (χ1n) is 9.12. The van der Waals surface area contributed by atoms with Gasteiger partial charge in [-0.2, -0.15) is 4.31 Å². The van der Waals surface area contributed by atoms with Gasteiger partial charge in [0.2, 0.25) is 15.9 Å². The molecule has 0 atom stereocenters. The molecule has 1 aromatic carbocycles. The first-order chi connectivity index (χ1) is 13.6. The zero-order chi connectivity index (χ0) is 21.4. The largest absolute Gasteiger partial charge is 0.497 e. The summed E-state index contributed by atoms with van der Waals surface area (Å²) in [6.45, 7) is 3.40. The van der Waals surface area contributed by atoms with Gasteiger partial charge in [-0.1, -0.05) is 0 Å². The van der Waals surface area contributed by atoms with Gasteiger partial charge < -0.3 is 15.0 Å². The Balaban J connectivity index is 1.60. The molecule has 11 heteroatoms. The van der Waals surface area contributed by atoms with Crippen LogP contribution in [0.3, 0.4) is 0 Å². The van der Waals surface area contributed by atoms with Gasteiger partial charge in [-0.15, -0.1) is 0 Å². The molecular weight excluding hydrogens is 400 g/mol. The molecule has 2 saturated heterocycles. The molecule has 0 spiro atoms. The number of amides is 4. The number of piperazine rings is 1. The van der Waals surface area contributed by atoms with Crippen molar-refractivity contribution >= 4 is 27.9 Å². The van der Waals surface area contributed by atoms with Crippen molar-refractivity contribution in [1.29, 1.82) is 0 Å². The highest BCUT2D eigenvalue weighted by Gasteiger charge is 2.45. The van der Waals surface area contributed by atoms with Crippen LogP contribution >= 0.6 is 0 Å². The molecule has 0 aromatic heterocycles. The fraction of sp³-hybridized carbons (Fsp3) is 0.500. The van der Waals surface area contributed by atoms with Gasteiger partial charge in [0.1, 0.15) is 17.8 Å². The molecule has 0 bridgehead atoms. The summed E-state index contributed by atoms with van der Waals surface area (Å²) in [6.07, 6.45) is 0. The van der Waals surface area contributed by atoms with Crippen molar-refractivity contribution < 1.29 is 27.5 Å². The van der Waals surface area contributed by atoms with Crippen LogP contribution in [0.15, 0.2) is 29.2 Å². The van der Waals surface area contributed by atoms with Gasteiger partial charge in [0.25, 0.3) is 5.91 Å². The van der Waals surface area contributed by atoms with E-state index in [0.717, 1.165) is 4.90 Å². The highest BCUT2D eigenvalue weighted by molar-refractivity contribution is 7.89. The molecule has 0 radical (unpaired) electrons.